The zero-order valence-corrected chi connectivity index (χ0v) is 11.4. The molecule has 2 aromatic rings. The molecule has 1 heteroatoms. The highest BCUT2D eigenvalue weighted by Crippen LogP contribution is 2.27. The Morgan fingerprint density at radius 3 is 2.00 bits per heavy atom. The van der Waals surface area contributed by atoms with Gasteiger partial charge in [-0.3, -0.25) is 4.79 Å². The van der Waals surface area contributed by atoms with E-state index in [9.17, 15) is 4.79 Å². The van der Waals surface area contributed by atoms with Crippen LogP contribution in [0.2, 0.25) is 0 Å². The average Bonchev–Trinajstić information content (AvgIpc) is 2.27. The van der Waals surface area contributed by atoms with Crippen LogP contribution in [0.4, 0.5) is 0 Å². The standard InChI is InChI=1S/C17H18O/c1-11-5-6-16(14(4)18)17(10-11)15-8-12(2)7-13(3)9-15/h5-10H,1-4H3. The molecular formula is C17H18O. The average molecular weight is 238 g/mol. The normalized spacial score (nSPS) is 10.4. The summed E-state index contributed by atoms with van der Waals surface area (Å²) in [6.45, 7) is 7.84. The smallest absolute Gasteiger partial charge is 0.160 e. The lowest BCUT2D eigenvalue weighted by molar-refractivity contribution is 0.101. The molecule has 0 aromatic heterocycles. The summed E-state index contributed by atoms with van der Waals surface area (Å²) in [5.74, 6) is 0.115. The van der Waals surface area contributed by atoms with Crippen LogP contribution in [0.15, 0.2) is 36.4 Å². The van der Waals surface area contributed by atoms with E-state index in [0.29, 0.717) is 0 Å². The highest BCUT2D eigenvalue weighted by atomic mass is 16.1. The van der Waals surface area contributed by atoms with Gasteiger partial charge in [0, 0.05) is 5.56 Å². The lowest BCUT2D eigenvalue weighted by atomic mass is 9.93. The molecule has 2 rings (SSSR count). The molecule has 0 spiro atoms. The van der Waals surface area contributed by atoms with E-state index < -0.39 is 0 Å². The van der Waals surface area contributed by atoms with E-state index in [1.165, 1.54) is 16.7 Å². The van der Waals surface area contributed by atoms with E-state index in [4.69, 9.17) is 0 Å². The molecule has 0 aliphatic rings. The fourth-order valence-electron chi connectivity index (χ4n) is 2.33. The van der Waals surface area contributed by atoms with Gasteiger partial charge in [0.1, 0.15) is 0 Å². The molecule has 0 fully saturated rings. The number of aryl methyl sites for hydroxylation is 3. The summed E-state index contributed by atoms with van der Waals surface area (Å²) in [6, 6.07) is 12.4. The Bertz CT molecular complexity index is 589. The van der Waals surface area contributed by atoms with Gasteiger partial charge in [0.25, 0.3) is 0 Å². The zero-order chi connectivity index (χ0) is 13.3. The molecule has 2 aromatic carbocycles. The predicted octanol–water partition coefficient (Wildman–Crippen LogP) is 4.48. The van der Waals surface area contributed by atoms with Crippen LogP contribution in [0.25, 0.3) is 11.1 Å². The van der Waals surface area contributed by atoms with Gasteiger partial charge in [0.15, 0.2) is 5.78 Å². The monoisotopic (exact) mass is 238 g/mol. The quantitative estimate of drug-likeness (QED) is 0.705. The second kappa shape index (κ2) is 4.77. The molecule has 0 heterocycles. The number of carbonyl (C=O) groups excluding carboxylic acids is 1. The summed E-state index contributed by atoms with van der Waals surface area (Å²) in [4.78, 5) is 11.7. The predicted molar refractivity (Wildman–Crippen MR) is 76.1 cm³/mol. The van der Waals surface area contributed by atoms with Crippen molar-refractivity contribution in [1.82, 2.24) is 0 Å². The maximum atomic E-state index is 11.7. The van der Waals surface area contributed by atoms with Gasteiger partial charge in [-0.15, -0.1) is 0 Å². The summed E-state index contributed by atoms with van der Waals surface area (Å²) >= 11 is 0. The van der Waals surface area contributed by atoms with Gasteiger partial charge in [-0.05, 0) is 38.8 Å². The summed E-state index contributed by atoms with van der Waals surface area (Å²) < 4.78 is 0. The molecule has 0 N–H and O–H groups in total. The van der Waals surface area contributed by atoms with E-state index in [-0.39, 0.29) is 5.78 Å². The molecule has 0 bridgehead atoms. The second-order valence-electron chi connectivity index (χ2n) is 4.98. The van der Waals surface area contributed by atoms with Crippen LogP contribution in [0, 0.1) is 20.8 Å². The Morgan fingerprint density at radius 2 is 1.44 bits per heavy atom. The van der Waals surface area contributed by atoms with E-state index in [0.717, 1.165) is 16.7 Å². The molecule has 0 saturated heterocycles. The molecule has 92 valence electrons. The molecule has 1 nitrogen and oxygen atoms in total. The van der Waals surface area contributed by atoms with Crippen molar-refractivity contribution in [2.24, 2.45) is 0 Å². The number of Topliss-reactive ketones (excluding diaryl/α,β-unsaturated/α-hetero) is 1. The first kappa shape index (κ1) is 12.6. The van der Waals surface area contributed by atoms with Gasteiger partial charge in [0.2, 0.25) is 0 Å². The summed E-state index contributed by atoms with van der Waals surface area (Å²) in [5.41, 5.74) is 6.58. The molecule has 0 radical (unpaired) electrons. The van der Waals surface area contributed by atoms with Crippen LogP contribution in [0.5, 0.6) is 0 Å². The van der Waals surface area contributed by atoms with Crippen LogP contribution >= 0.6 is 0 Å². The fourth-order valence-corrected chi connectivity index (χ4v) is 2.33. The van der Waals surface area contributed by atoms with E-state index in [2.05, 4.69) is 45.0 Å². The van der Waals surface area contributed by atoms with Gasteiger partial charge in [-0.25, -0.2) is 0 Å². The van der Waals surface area contributed by atoms with Gasteiger partial charge >= 0.3 is 0 Å². The first-order valence-electron chi connectivity index (χ1n) is 6.17. The lowest BCUT2D eigenvalue weighted by Crippen LogP contribution is -1.97. The van der Waals surface area contributed by atoms with Crippen molar-refractivity contribution in [3.63, 3.8) is 0 Å². The van der Waals surface area contributed by atoms with E-state index in [1.807, 2.05) is 12.1 Å². The number of carbonyl (C=O) groups is 1. The molecule has 0 saturated carbocycles. The Labute approximate surface area is 108 Å². The number of rotatable bonds is 2. The Kier molecular flexibility index (Phi) is 3.33. The van der Waals surface area contributed by atoms with Crippen molar-refractivity contribution in [2.75, 3.05) is 0 Å². The van der Waals surface area contributed by atoms with Crippen molar-refractivity contribution in [3.8, 4) is 11.1 Å². The number of hydrogen-bond acceptors (Lipinski definition) is 1. The summed E-state index contributed by atoms with van der Waals surface area (Å²) in [7, 11) is 0. The van der Waals surface area contributed by atoms with E-state index >= 15 is 0 Å². The molecule has 18 heavy (non-hydrogen) atoms. The topological polar surface area (TPSA) is 17.1 Å². The van der Waals surface area contributed by atoms with Crippen LogP contribution in [0.3, 0.4) is 0 Å². The number of ketones is 1. The Hall–Kier alpha value is -1.89. The number of benzene rings is 2. The van der Waals surface area contributed by atoms with Crippen LogP contribution in [0.1, 0.15) is 34.0 Å². The fraction of sp³-hybridized carbons (Fsp3) is 0.235. The molecule has 0 aliphatic heterocycles. The van der Waals surface area contributed by atoms with Crippen LogP contribution in [-0.4, -0.2) is 5.78 Å². The first-order chi connectivity index (χ1) is 8.47. The number of hydrogen-bond donors (Lipinski definition) is 0. The third kappa shape index (κ3) is 2.51. The van der Waals surface area contributed by atoms with Gasteiger partial charge in [-0.2, -0.15) is 0 Å². The summed E-state index contributed by atoms with van der Waals surface area (Å²) in [5, 5.41) is 0. The van der Waals surface area contributed by atoms with Crippen molar-refractivity contribution in [2.45, 2.75) is 27.7 Å². The van der Waals surface area contributed by atoms with Crippen molar-refractivity contribution in [1.29, 1.82) is 0 Å². The minimum Gasteiger partial charge on any atom is -0.294 e. The molecule has 0 aliphatic carbocycles. The van der Waals surface area contributed by atoms with Crippen molar-refractivity contribution < 1.29 is 4.79 Å². The Morgan fingerprint density at radius 1 is 0.833 bits per heavy atom. The highest BCUT2D eigenvalue weighted by molar-refractivity contribution is 6.01. The SMILES string of the molecule is CC(=O)c1ccc(C)cc1-c1cc(C)cc(C)c1. The first-order valence-corrected chi connectivity index (χ1v) is 6.17. The molecular weight excluding hydrogens is 220 g/mol. The minimum absolute atomic E-state index is 0.115. The van der Waals surface area contributed by atoms with Gasteiger partial charge in [0.05, 0.1) is 0 Å². The highest BCUT2D eigenvalue weighted by Gasteiger charge is 2.10. The Balaban J connectivity index is 2.68. The van der Waals surface area contributed by atoms with Crippen molar-refractivity contribution >= 4 is 5.78 Å². The molecule has 0 atom stereocenters. The maximum absolute atomic E-state index is 11.7. The molecule has 0 amide bonds. The van der Waals surface area contributed by atoms with Gasteiger partial charge in [-0.1, -0.05) is 53.1 Å². The van der Waals surface area contributed by atoms with Gasteiger partial charge < -0.3 is 0 Å². The lowest BCUT2D eigenvalue weighted by Gasteiger charge is -2.10. The maximum Gasteiger partial charge on any atom is 0.160 e. The zero-order valence-electron chi connectivity index (χ0n) is 11.4. The van der Waals surface area contributed by atoms with Crippen LogP contribution < -0.4 is 0 Å². The third-order valence-electron chi connectivity index (χ3n) is 3.09. The third-order valence-corrected chi connectivity index (χ3v) is 3.09. The largest absolute Gasteiger partial charge is 0.294 e. The van der Waals surface area contributed by atoms with Crippen molar-refractivity contribution in [3.05, 3.63) is 58.7 Å². The minimum atomic E-state index is 0.115. The second-order valence-corrected chi connectivity index (χ2v) is 4.98. The van der Waals surface area contributed by atoms with E-state index in [1.54, 1.807) is 6.92 Å². The molecule has 0 unspecified atom stereocenters. The van der Waals surface area contributed by atoms with Crippen LogP contribution in [-0.2, 0) is 0 Å². The summed E-state index contributed by atoms with van der Waals surface area (Å²) in [6.07, 6.45) is 0.